The quantitative estimate of drug-likeness (QED) is 0.464. The molecule has 0 spiro atoms. The molecule has 1 saturated heterocycles. The molecule has 0 radical (unpaired) electrons. The van der Waals surface area contributed by atoms with Gasteiger partial charge in [0.05, 0.1) is 21.3 Å². The summed E-state index contributed by atoms with van der Waals surface area (Å²) in [4.78, 5) is 29.4. The van der Waals surface area contributed by atoms with Crippen molar-refractivity contribution in [2.24, 2.45) is 0 Å². The van der Waals surface area contributed by atoms with Gasteiger partial charge in [0.2, 0.25) is 0 Å². The number of piperazine rings is 1. The van der Waals surface area contributed by atoms with Crippen LogP contribution in [-0.4, -0.2) is 42.9 Å². The Balaban J connectivity index is 1.40. The molecule has 0 bridgehead atoms. The molecule has 1 aliphatic heterocycles. The van der Waals surface area contributed by atoms with Gasteiger partial charge in [-0.3, -0.25) is 9.59 Å². The molecule has 0 aromatic heterocycles. The van der Waals surface area contributed by atoms with E-state index in [-0.39, 0.29) is 16.8 Å². The van der Waals surface area contributed by atoms with E-state index in [0.29, 0.717) is 47.5 Å². The summed E-state index contributed by atoms with van der Waals surface area (Å²) in [6, 6.07) is 17.7. The number of anilines is 2. The van der Waals surface area contributed by atoms with Gasteiger partial charge in [0.25, 0.3) is 11.8 Å². The highest BCUT2D eigenvalue weighted by atomic mass is 35.5. The molecule has 33 heavy (non-hydrogen) atoms. The minimum atomic E-state index is -0.344. The van der Waals surface area contributed by atoms with E-state index in [1.54, 1.807) is 24.3 Å². The minimum absolute atomic E-state index is 0.0535. The summed E-state index contributed by atoms with van der Waals surface area (Å²) < 4.78 is 0. The number of halogens is 3. The second-order valence-corrected chi connectivity index (χ2v) is 9.09. The first kappa shape index (κ1) is 23.4. The van der Waals surface area contributed by atoms with Gasteiger partial charge < -0.3 is 15.1 Å². The first-order valence-electron chi connectivity index (χ1n) is 10.5. The van der Waals surface area contributed by atoms with Crippen molar-refractivity contribution in [3.05, 3.63) is 92.4 Å². The molecule has 1 fully saturated rings. The van der Waals surface area contributed by atoms with E-state index in [2.05, 4.69) is 10.2 Å². The third-order valence-electron chi connectivity index (χ3n) is 5.66. The van der Waals surface area contributed by atoms with Crippen LogP contribution < -0.4 is 10.2 Å². The van der Waals surface area contributed by atoms with Gasteiger partial charge in [-0.05, 0) is 55.0 Å². The van der Waals surface area contributed by atoms with Gasteiger partial charge in [-0.25, -0.2) is 0 Å². The molecule has 3 aromatic carbocycles. The Kier molecular flexibility index (Phi) is 7.13. The molecule has 2 amide bonds. The Morgan fingerprint density at radius 3 is 2.21 bits per heavy atom. The smallest absolute Gasteiger partial charge is 0.257 e. The molecule has 170 valence electrons. The average Bonchev–Trinajstić information content (AvgIpc) is 2.79. The monoisotopic (exact) mass is 501 g/mol. The molecule has 1 heterocycles. The van der Waals surface area contributed by atoms with Crippen molar-refractivity contribution in [1.29, 1.82) is 0 Å². The largest absolute Gasteiger partial charge is 0.367 e. The molecular formula is C25H22Cl3N3O2. The van der Waals surface area contributed by atoms with E-state index in [4.69, 9.17) is 34.8 Å². The average molecular weight is 503 g/mol. The summed E-state index contributed by atoms with van der Waals surface area (Å²) in [5.74, 6) is -0.290. The van der Waals surface area contributed by atoms with Crippen molar-refractivity contribution < 1.29 is 9.59 Å². The van der Waals surface area contributed by atoms with Crippen LogP contribution in [0.5, 0.6) is 0 Å². The molecule has 0 saturated carbocycles. The van der Waals surface area contributed by atoms with Gasteiger partial charge in [-0.15, -0.1) is 0 Å². The lowest BCUT2D eigenvalue weighted by atomic mass is 10.1. The van der Waals surface area contributed by atoms with Crippen LogP contribution in [0.3, 0.4) is 0 Å². The highest BCUT2D eigenvalue weighted by Gasteiger charge is 2.24. The van der Waals surface area contributed by atoms with Gasteiger partial charge >= 0.3 is 0 Å². The number of carbonyl (C=O) groups excluding carboxylic acids is 2. The van der Waals surface area contributed by atoms with Gasteiger partial charge in [-0.1, -0.05) is 53.0 Å². The lowest BCUT2D eigenvalue weighted by Gasteiger charge is -2.36. The Morgan fingerprint density at radius 1 is 0.818 bits per heavy atom. The van der Waals surface area contributed by atoms with Crippen molar-refractivity contribution in [2.75, 3.05) is 36.4 Å². The Hall–Kier alpha value is -2.73. The summed E-state index contributed by atoms with van der Waals surface area (Å²) in [5, 5.41) is 4.08. The van der Waals surface area contributed by atoms with Crippen LogP contribution >= 0.6 is 34.8 Å². The van der Waals surface area contributed by atoms with Gasteiger partial charge in [0, 0.05) is 42.5 Å². The molecule has 4 rings (SSSR count). The number of hydrogen-bond acceptors (Lipinski definition) is 3. The van der Waals surface area contributed by atoms with E-state index in [9.17, 15) is 9.59 Å². The van der Waals surface area contributed by atoms with Crippen LogP contribution in [0.1, 0.15) is 26.3 Å². The first-order valence-corrected chi connectivity index (χ1v) is 11.6. The molecule has 3 aromatic rings. The van der Waals surface area contributed by atoms with Gasteiger partial charge in [0.15, 0.2) is 0 Å². The fourth-order valence-electron chi connectivity index (χ4n) is 3.85. The number of nitrogens with zero attached hydrogens (tertiary/aromatic N) is 2. The van der Waals surface area contributed by atoms with Crippen molar-refractivity contribution in [3.63, 3.8) is 0 Å². The van der Waals surface area contributed by atoms with E-state index < -0.39 is 0 Å². The topological polar surface area (TPSA) is 52.7 Å². The first-order chi connectivity index (χ1) is 15.8. The summed E-state index contributed by atoms with van der Waals surface area (Å²) in [6.07, 6.45) is 0. The Labute approximate surface area is 207 Å². The molecule has 1 N–H and O–H groups in total. The van der Waals surface area contributed by atoms with Crippen molar-refractivity contribution in [3.8, 4) is 0 Å². The molecule has 0 unspecified atom stereocenters. The summed E-state index contributed by atoms with van der Waals surface area (Å²) in [5.41, 5.74) is 3.47. The fraction of sp³-hybridized carbons (Fsp3) is 0.200. The lowest BCUT2D eigenvalue weighted by Crippen LogP contribution is -2.49. The summed E-state index contributed by atoms with van der Waals surface area (Å²) in [6.45, 7) is 4.51. The third kappa shape index (κ3) is 5.27. The molecule has 5 nitrogen and oxygen atoms in total. The molecule has 0 aliphatic carbocycles. The molecular weight excluding hydrogens is 481 g/mol. The fourth-order valence-corrected chi connectivity index (χ4v) is 4.64. The SMILES string of the molecule is Cc1ccccc1C(=O)N1CCN(c2ccc(NC(=O)c3ccc(Cl)cc3Cl)cc2Cl)CC1. The van der Waals surface area contributed by atoms with E-state index in [1.807, 2.05) is 42.2 Å². The van der Waals surface area contributed by atoms with Crippen LogP contribution in [0.15, 0.2) is 60.7 Å². The van der Waals surface area contributed by atoms with Crippen LogP contribution in [0, 0.1) is 6.92 Å². The maximum atomic E-state index is 12.9. The summed E-state index contributed by atoms with van der Waals surface area (Å²) >= 11 is 18.6. The number of benzene rings is 3. The molecule has 0 atom stereocenters. The van der Waals surface area contributed by atoms with Gasteiger partial charge in [0.1, 0.15) is 0 Å². The maximum Gasteiger partial charge on any atom is 0.257 e. The van der Waals surface area contributed by atoms with Crippen molar-refractivity contribution in [2.45, 2.75) is 6.92 Å². The van der Waals surface area contributed by atoms with E-state index in [0.717, 1.165) is 16.8 Å². The van der Waals surface area contributed by atoms with E-state index in [1.165, 1.54) is 6.07 Å². The number of nitrogens with one attached hydrogen (secondary N) is 1. The second kappa shape index (κ2) is 10.0. The number of carbonyl (C=O) groups is 2. The highest BCUT2D eigenvalue weighted by Crippen LogP contribution is 2.30. The highest BCUT2D eigenvalue weighted by molar-refractivity contribution is 6.37. The zero-order chi connectivity index (χ0) is 23.5. The van der Waals surface area contributed by atoms with Crippen molar-refractivity contribution in [1.82, 2.24) is 4.90 Å². The van der Waals surface area contributed by atoms with Crippen LogP contribution in [0.4, 0.5) is 11.4 Å². The lowest BCUT2D eigenvalue weighted by molar-refractivity contribution is 0.0746. The number of amides is 2. The zero-order valence-corrected chi connectivity index (χ0v) is 20.2. The predicted octanol–water partition coefficient (Wildman–Crippen LogP) is 6.17. The third-order valence-corrected chi connectivity index (χ3v) is 6.51. The number of aryl methyl sites for hydroxylation is 1. The standard InChI is InChI=1S/C25H22Cl3N3O2/c1-16-4-2-3-5-19(16)25(33)31-12-10-30(11-13-31)23-9-7-18(15-22(23)28)29-24(32)20-8-6-17(26)14-21(20)27/h2-9,14-15H,10-13H2,1H3,(H,29,32). The Bertz CT molecular complexity index is 1210. The van der Waals surface area contributed by atoms with Crippen LogP contribution in [0.25, 0.3) is 0 Å². The minimum Gasteiger partial charge on any atom is -0.367 e. The number of rotatable bonds is 4. The Morgan fingerprint density at radius 2 is 1.55 bits per heavy atom. The molecule has 8 heteroatoms. The van der Waals surface area contributed by atoms with Crippen molar-refractivity contribution >= 4 is 58.0 Å². The number of hydrogen-bond donors (Lipinski definition) is 1. The summed E-state index contributed by atoms with van der Waals surface area (Å²) in [7, 11) is 0. The molecule has 1 aliphatic rings. The second-order valence-electron chi connectivity index (χ2n) is 7.84. The predicted molar refractivity (Wildman–Crippen MR) is 135 cm³/mol. The van der Waals surface area contributed by atoms with E-state index >= 15 is 0 Å². The van der Waals surface area contributed by atoms with Gasteiger partial charge in [-0.2, -0.15) is 0 Å². The zero-order valence-electron chi connectivity index (χ0n) is 17.9. The van der Waals surface area contributed by atoms with Crippen LogP contribution in [-0.2, 0) is 0 Å². The maximum absolute atomic E-state index is 12.9. The van der Waals surface area contributed by atoms with Crippen LogP contribution in [0.2, 0.25) is 15.1 Å². The normalized spacial score (nSPS) is 13.7.